The van der Waals surface area contributed by atoms with Gasteiger partial charge in [0.05, 0.1) is 13.2 Å². The number of ether oxygens (including phenoxy) is 2. The van der Waals surface area contributed by atoms with Gasteiger partial charge in [-0.25, -0.2) is 4.39 Å². The van der Waals surface area contributed by atoms with E-state index in [1.165, 1.54) is 7.11 Å². The molecular formula is C15H22FNO2. The summed E-state index contributed by atoms with van der Waals surface area (Å²) >= 11 is 0. The zero-order valence-electron chi connectivity index (χ0n) is 11.6. The maximum atomic E-state index is 13.9. The molecule has 1 aromatic carbocycles. The molecule has 0 bridgehead atoms. The summed E-state index contributed by atoms with van der Waals surface area (Å²) in [5, 5.41) is 3.32. The van der Waals surface area contributed by atoms with Crippen molar-refractivity contribution < 1.29 is 13.9 Å². The predicted octanol–water partition coefficient (Wildman–Crippen LogP) is 2.74. The first-order chi connectivity index (χ1) is 9.26. The Morgan fingerprint density at radius 3 is 3.05 bits per heavy atom. The summed E-state index contributed by atoms with van der Waals surface area (Å²) in [6.45, 7) is 4.38. The molecule has 1 fully saturated rings. The van der Waals surface area contributed by atoms with Crippen molar-refractivity contribution in [2.45, 2.75) is 32.4 Å². The first-order valence-electron chi connectivity index (χ1n) is 6.90. The molecule has 4 heteroatoms. The molecule has 1 N–H and O–H groups in total. The van der Waals surface area contributed by atoms with Gasteiger partial charge in [0.2, 0.25) is 0 Å². The van der Waals surface area contributed by atoms with Crippen LogP contribution in [0.4, 0.5) is 4.39 Å². The number of methoxy groups -OCH3 is 1. The van der Waals surface area contributed by atoms with Crippen LogP contribution in [0.3, 0.4) is 0 Å². The van der Waals surface area contributed by atoms with E-state index in [0.29, 0.717) is 29.9 Å². The van der Waals surface area contributed by atoms with E-state index in [1.807, 2.05) is 6.07 Å². The van der Waals surface area contributed by atoms with Crippen LogP contribution in [0.1, 0.15) is 25.3 Å². The first-order valence-corrected chi connectivity index (χ1v) is 6.90. The van der Waals surface area contributed by atoms with Gasteiger partial charge in [-0.1, -0.05) is 19.1 Å². The fraction of sp³-hybridized carbons (Fsp3) is 0.600. The minimum absolute atomic E-state index is 0.271. The van der Waals surface area contributed by atoms with Crippen molar-refractivity contribution in [2.24, 2.45) is 5.92 Å². The van der Waals surface area contributed by atoms with Crippen molar-refractivity contribution in [1.29, 1.82) is 0 Å². The lowest BCUT2D eigenvalue weighted by atomic mass is 9.99. The van der Waals surface area contributed by atoms with Gasteiger partial charge in [-0.05, 0) is 24.8 Å². The van der Waals surface area contributed by atoms with E-state index in [-0.39, 0.29) is 5.82 Å². The molecule has 1 aliphatic rings. The van der Waals surface area contributed by atoms with Crippen LogP contribution in [0.5, 0.6) is 5.75 Å². The number of rotatable bonds is 6. The first kappa shape index (κ1) is 14.3. The Morgan fingerprint density at radius 1 is 1.47 bits per heavy atom. The summed E-state index contributed by atoms with van der Waals surface area (Å²) in [7, 11) is 1.48. The maximum absolute atomic E-state index is 13.9. The third-order valence-electron chi connectivity index (χ3n) is 3.73. The van der Waals surface area contributed by atoms with Crippen molar-refractivity contribution in [3.63, 3.8) is 0 Å². The minimum atomic E-state index is -0.271. The molecule has 2 atom stereocenters. The smallest absolute Gasteiger partial charge is 0.169 e. The van der Waals surface area contributed by atoms with E-state index >= 15 is 0 Å². The second-order valence-electron chi connectivity index (χ2n) is 4.93. The number of benzene rings is 1. The molecule has 0 amide bonds. The van der Waals surface area contributed by atoms with Crippen LogP contribution < -0.4 is 10.1 Å². The monoisotopic (exact) mass is 267 g/mol. The van der Waals surface area contributed by atoms with Gasteiger partial charge in [-0.15, -0.1) is 0 Å². The van der Waals surface area contributed by atoms with Crippen LogP contribution in [0, 0.1) is 11.7 Å². The highest BCUT2D eigenvalue weighted by atomic mass is 19.1. The molecule has 1 aromatic rings. The molecule has 1 saturated heterocycles. The standard InChI is InChI=1S/C15H22FNO2/c1-3-13-11(7-8-19-13)9-17-10-12-5-4-6-14(18-2)15(12)16/h4-6,11,13,17H,3,7-10H2,1-2H3. The van der Waals surface area contributed by atoms with Gasteiger partial charge in [-0.3, -0.25) is 0 Å². The molecule has 1 aliphatic heterocycles. The van der Waals surface area contributed by atoms with Gasteiger partial charge in [0.1, 0.15) is 0 Å². The Kier molecular flexibility index (Phi) is 5.16. The summed E-state index contributed by atoms with van der Waals surface area (Å²) < 4.78 is 24.5. The molecule has 0 radical (unpaired) electrons. The van der Waals surface area contributed by atoms with Crippen LogP contribution in [0.25, 0.3) is 0 Å². The lowest BCUT2D eigenvalue weighted by Gasteiger charge is -2.17. The van der Waals surface area contributed by atoms with E-state index in [9.17, 15) is 4.39 Å². The second-order valence-corrected chi connectivity index (χ2v) is 4.93. The van der Waals surface area contributed by atoms with Crippen LogP contribution in [0.15, 0.2) is 18.2 Å². The quantitative estimate of drug-likeness (QED) is 0.859. The molecule has 0 saturated carbocycles. The van der Waals surface area contributed by atoms with Gasteiger partial charge in [0.15, 0.2) is 11.6 Å². The SMILES string of the molecule is CCC1OCCC1CNCc1cccc(OC)c1F. The van der Waals surface area contributed by atoms with E-state index in [2.05, 4.69) is 12.2 Å². The Balaban J connectivity index is 1.86. The predicted molar refractivity (Wildman–Crippen MR) is 72.8 cm³/mol. The van der Waals surface area contributed by atoms with Crippen molar-refractivity contribution in [3.05, 3.63) is 29.6 Å². The van der Waals surface area contributed by atoms with E-state index in [1.54, 1.807) is 12.1 Å². The van der Waals surface area contributed by atoms with Gasteiger partial charge in [0.25, 0.3) is 0 Å². The van der Waals surface area contributed by atoms with Crippen molar-refractivity contribution in [3.8, 4) is 5.75 Å². The lowest BCUT2D eigenvalue weighted by Crippen LogP contribution is -2.28. The topological polar surface area (TPSA) is 30.5 Å². The highest BCUT2D eigenvalue weighted by Crippen LogP contribution is 2.23. The summed E-state index contributed by atoms with van der Waals surface area (Å²) in [5.41, 5.74) is 0.645. The van der Waals surface area contributed by atoms with Gasteiger partial charge < -0.3 is 14.8 Å². The van der Waals surface area contributed by atoms with Crippen molar-refractivity contribution >= 4 is 0 Å². The van der Waals surface area contributed by atoms with Crippen LogP contribution in [-0.2, 0) is 11.3 Å². The second kappa shape index (κ2) is 6.87. The number of hydrogen-bond donors (Lipinski definition) is 1. The summed E-state index contributed by atoms with van der Waals surface area (Å²) in [6.07, 6.45) is 2.48. The third-order valence-corrected chi connectivity index (χ3v) is 3.73. The van der Waals surface area contributed by atoms with Crippen LogP contribution in [-0.4, -0.2) is 26.4 Å². The molecule has 19 heavy (non-hydrogen) atoms. The fourth-order valence-electron chi connectivity index (χ4n) is 2.62. The largest absolute Gasteiger partial charge is 0.494 e. The molecular weight excluding hydrogens is 245 g/mol. The average Bonchev–Trinajstić information content (AvgIpc) is 2.88. The molecule has 2 unspecified atom stereocenters. The molecule has 0 aromatic heterocycles. The van der Waals surface area contributed by atoms with E-state index in [0.717, 1.165) is 26.0 Å². The van der Waals surface area contributed by atoms with E-state index in [4.69, 9.17) is 9.47 Å². The molecule has 3 nitrogen and oxygen atoms in total. The summed E-state index contributed by atoms with van der Waals surface area (Å²) in [4.78, 5) is 0. The molecule has 1 heterocycles. The third kappa shape index (κ3) is 3.45. The zero-order chi connectivity index (χ0) is 13.7. The molecule has 0 aliphatic carbocycles. The van der Waals surface area contributed by atoms with Crippen LogP contribution in [0.2, 0.25) is 0 Å². The van der Waals surface area contributed by atoms with Crippen molar-refractivity contribution in [2.75, 3.05) is 20.3 Å². The van der Waals surface area contributed by atoms with Gasteiger partial charge in [-0.2, -0.15) is 0 Å². The fourth-order valence-corrected chi connectivity index (χ4v) is 2.62. The van der Waals surface area contributed by atoms with Gasteiger partial charge >= 0.3 is 0 Å². The van der Waals surface area contributed by atoms with Crippen molar-refractivity contribution in [1.82, 2.24) is 5.32 Å². The molecule has 106 valence electrons. The number of halogens is 1. The lowest BCUT2D eigenvalue weighted by molar-refractivity contribution is 0.0872. The number of hydrogen-bond acceptors (Lipinski definition) is 3. The van der Waals surface area contributed by atoms with Gasteiger partial charge in [0, 0.05) is 25.3 Å². The zero-order valence-corrected chi connectivity index (χ0v) is 11.6. The normalized spacial score (nSPS) is 22.7. The molecule has 2 rings (SSSR count). The van der Waals surface area contributed by atoms with E-state index < -0.39 is 0 Å². The minimum Gasteiger partial charge on any atom is -0.494 e. The maximum Gasteiger partial charge on any atom is 0.169 e. The Bertz CT molecular complexity index is 411. The number of nitrogens with one attached hydrogen (secondary N) is 1. The summed E-state index contributed by atoms with van der Waals surface area (Å²) in [6, 6.07) is 5.23. The van der Waals surface area contributed by atoms with Crippen LogP contribution >= 0.6 is 0 Å². The Hall–Kier alpha value is -1.13. The molecule has 0 spiro atoms. The summed E-state index contributed by atoms with van der Waals surface area (Å²) in [5.74, 6) is 0.570. The Labute approximate surface area is 114 Å². The highest BCUT2D eigenvalue weighted by Gasteiger charge is 2.26. The highest BCUT2D eigenvalue weighted by molar-refractivity contribution is 5.30. The average molecular weight is 267 g/mol. The Morgan fingerprint density at radius 2 is 2.32 bits per heavy atom.